The van der Waals surface area contributed by atoms with Crippen molar-refractivity contribution in [2.45, 2.75) is 76.4 Å². The van der Waals surface area contributed by atoms with Gasteiger partial charge in [0.25, 0.3) is 5.91 Å². The summed E-state index contributed by atoms with van der Waals surface area (Å²) in [6.07, 6.45) is 6.79. The molecule has 1 spiro atoms. The van der Waals surface area contributed by atoms with Crippen molar-refractivity contribution in [2.24, 2.45) is 11.8 Å². The summed E-state index contributed by atoms with van der Waals surface area (Å²) in [7, 11) is 0. The fourth-order valence-electron chi connectivity index (χ4n) is 7.25. The molecule has 0 unspecified atom stereocenters. The standard InChI is InChI=1S/C29H33N3O3/c1-17-14-15-21-25(18(17)2)30-28(35)29(21)24-23(22(31-29)16-19-10-6-5-7-11-19)26(33)32(27(24)34)20-12-8-3-4-9-13-20/h5-7,10-11,14-15,20,22-24,31H,3-4,8-9,12-13,16H2,1-2H3,(H,30,35)/p+1/t22-,23-,24+,29+/m1/s1. The predicted octanol–water partition coefficient (Wildman–Crippen LogP) is 2.96. The van der Waals surface area contributed by atoms with E-state index in [4.69, 9.17) is 0 Å². The van der Waals surface area contributed by atoms with E-state index in [2.05, 4.69) is 22.8 Å². The van der Waals surface area contributed by atoms with E-state index in [-0.39, 0.29) is 29.8 Å². The van der Waals surface area contributed by atoms with Gasteiger partial charge in [-0.05, 0) is 49.4 Å². The zero-order valence-electron chi connectivity index (χ0n) is 20.5. The third kappa shape index (κ3) is 3.22. The summed E-state index contributed by atoms with van der Waals surface area (Å²) in [6, 6.07) is 13.9. The van der Waals surface area contributed by atoms with Crippen LogP contribution in [0.5, 0.6) is 0 Å². The van der Waals surface area contributed by atoms with Crippen LogP contribution in [-0.4, -0.2) is 34.7 Å². The fourth-order valence-corrected chi connectivity index (χ4v) is 7.25. The number of carbonyl (C=O) groups excluding carboxylic acids is 3. The second-order valence-corrected chi connectivity index (χ2v) is 11.0. The molecule has 0 aromatic heterocycles. The maximum Gasteiger partial charge on any atom is 0.291 e. The first-order valence-corrected chi connectivity index (χ1v) is 13.1. The Balaban J connectivity index is 1.47. The number of quaternary nitrogens is 1. The first-order chi connectivity index (χ1) is 16.9. The minimum Gasteiger partial charge on any atom is -0.326 e. The van der Waals surface area contributed by atoms with E-state index >= 15 is 0 Å². The molecular weight excluding hydrogens is 438 g/mol. The number of likely N-dealkylation sites (tertiary alicyclic amines) is 1. The number of benzene rings is 2. The minimum absolute atomic E-state index is 0.0405. The van der Waals surface area contributed by atoms with E-state index < -0.39 is 17.4 Å². The molecule has 3 N–H and O–H groups in total. The summed E-state index contributed by atoms with van der Waals surface area (Å²) in [4.78, 5) is 43.6. The van der Waals surface area contributed by atoms with Gasteiger partial charge in [0, 0.05) is 18.0 Å². The summed E-state index contributed by atoms with van der Waals surface area (Å²) < 4.78 is 0. The van der Waals surface area contributed by atoms with Crippen molar-refractivity contribution in [1.29, 1.82) is 0 Å². The summed E-state index contributed by atoms with van der Waals surface area (Å²) in [5.41, 5.74) is 3.84. The fraction of sp³-hybridized carbons (Fsp3) is 0.483. The third-order valence-electron chi connectivity index (χ3n) is 9.11. The SMILES string of the molecule is Cc1ccc2c(c1C)NC(=O)[C@]21[NH2+][C@H](Cc2ccccc2)[C@H]2C(=O)N(C3CCCCCC3)C(=O)[C@H]21. The van der Waals surface area contributed by atoms with Crippen LogP contribution in [-0.2, 0) is 26.3 Å². The number of aryl methyl sites for hydroxylation is 1. The Labute approximate surface area is 206 Å². The van der Waals surface area contributed by atoms with Crippen molar-refractivity contribution in [3.05, 3.63) is 64.7 Å². The highest BCUT2D eigenvalue weighted by Gasteiger charge is 2.74. The number of nitrogens with zero attached hydrogens (tertiary/aromatic N) is 1. The Kier molecular flexibility index (Phi) is 5.33. The van der Waals surface area contributed by atoms with Gasteiger partial charge in [-0.1, -0.05) is 62.1 Å². The molecule has 6 nitrogen and oxygen atoms in total. The monoisotopic (exact) mass is 472 g/mol. The number of hydrogen-bond acceptors (Lipinski definition) is 3. The molecule has 182 valence electrons. The molecule has 3 fully saturated rings. The molecular formula is C29H34N3O3+. The van der Waals surface area contributed by atoms with Crippen molar-refractivity contribution in [3.8, 4) is 0 Å². The maximum absolute atomic E-state index is 14.2. The van der Waals surface area contributed by atoms with Crippen LogP contribution in [0.3, 0.4) is 0 Å². The van der Waals surface area contributed by atoms with E-state index in [0.717, 1.165) is 66.5 Å². The first kappa shape index (κ1) is 22.5. The van der Waals surface area contributed by atoms with E-state index in [9.17, 15) is 14.4 Å². The van der Waals surface area contributed by atoms with Crippen LogP contribution in [0.4, 0.5) is 5.69 Å². The van der Waals surface area contributed by atoms with Gasteiger partial charge in [-0.25, -0.2) is 0 Å². The molecule has 1 saturated carbocycles. The topological polar surface area (TPSA) is 83.1 Å². The lowest BCUT2D eigenvalue weighted by Gasteiger charge is -2.30. The summed E-state index contributed by atoms with van der Waals surface area (Å²) in [6.45, 7) is 4.05. The second-order valence-electron chi connectivity index (χ2n) is 11.0. The molecule has 6 rings (SSSR count). The van der Waals surface area contributed by atoms with E-state index in [0.29, 0.717) is 6.42 Å². The highest BCUT2D eigenvalue weighted by atomic mass is 16.2. The molecule has 6 heteroatoms. The maximum atomic E-state index is 14.2. The zero-order valence-corrected chi connectivity index (χ0v) is 20.5. The summed E-state index contributed by atoms with van der Waals surface area (Å²) >= 11 is 0. The van der Waals surface area contributed by atoms with Gasteiger partial charge in [-0.15, -0.1) is 0 Å². The van der Waals surface area contributed by atoms with Gasteiger partial charge >= 0.3 is 0 Å². The number of carbonyl (C=O) groups is 3. The van der Waals surface area contributed by atoms with Crippen LogP contribution in [0, 0.1) is 25.7 Å². The zero-order chi connectivity index (χ0) is 24.3. The van der Waals surface area contributed by atoms with Crippen LogP contribution in [0.2, 0.25) is 0 Å². The molecule has 0 radical (unpaired) electrons. The van der Waals surface area contributed by atoms with Crippen molar-refractivity contribution in [1.82, 2.24) is 4.90 Å². The number of rotatable bonds is 3. The molecule has 2 aromatic rings. The van der Waals surface area contributed by atoms with Crippen LogP contribution < -0.4 is 10.6 Å². The number of anilines is 1. The summed E-state index contributed by atoms with van der Waals surface area (Å²) in [5.74, 6) is -1.53. The van der Waals surface area contributed by atoms with Gasteiger partial charge < -0.3 is 10.6 Å². The van der Waals surface area contributed by atoms with Crippen LogP contribution in [0.25, 0.3) is 0 Å². The smallest absolute Gasteiger partial charge is 0.291 e. The second kappa shape index (κ2) is 8.30. The van der Waals surface area contributed by atoms with Crippen molar-refractivity contribution >= 4 is 23.4 Å². The van der Waals surface area contributed by atoms with Crippen molar-refractivity contribution in [3.63, 3.8) is 0 Å². The van der Waals surface area contributed by atoms with Crippen molar-refractivity contribution in [2.75, 3.05) is 5.32 Å². The van der Waals surface area contributed by atoms with Crippen molar-refractivity contribution < 1.29 is 19.7 Å². The normalized spacial score (nSPS) is 30.5. The molecule has 35 heavy (non-hydrogen) atoms. The largest absolute Gasteiger partial charge is 0.326 e. The first-order valence-electron chi connectivity index (χ1n) is 13.1. The molecule has 0 bridgehead atoms. The lowest BCUT2D eigenvalue weighted by molar-refractivity contribution is -0.733. The quantitative estimate of drug-likeness (QED) is 0.532. The Morgan fingerprint density at radius 3 is 2.37 bits per heavy atom. The average Bonchev–Trinajstić information content (AvgIpc) is 3.31. The Bertz CT molecular complexity index is 1200. The van der Waals surface area contributed by atoms with E-state index in [1.165, 1.54) is 0 Å². The van der Waals surface area contributed by atoms with Crippen LogP contribution in [0.1, 0.15) is 60.8 Å². The highest BCUT2D eigenvalue weighted by molar-refractivity contribution is 6.14. The molecule has 4 aliphatic rings. The highest BCUT2D eigenvalue weighted by Crippen LogP contribution is 2.51. The van der Waals surface area contributed by atoms with Gasteiger partial charge in [-0.2, -0.15) is 0 Å². The van der Waals surface area contributed by atoms with Gasteiger partial charge in [0.05, 0.1) is 5.69 Å². The molecule has 4 atom stereocenters. The lowest BCUT2D eigenvalue weighted by atomic mass is 9.75. The third-order valence-corrected chi connectivity index (χ3v) is 9.11. The average molecular weight is 473 g/mol. The number of fused-ring (bicyclic) bond motifs is 4. The number of hydrogen-bond donors (Lipinski definition) is 2. The molecule has 2 aromatic carbocycles. The number of nitrogens with two attached hydrogens (primary N) is 1. The van der Waals surface area contributed by atoms with E-state index in [1.807, 2.05) is 44.2 Å². The van der Waals surface area contributed by atoms with Gasteiger partial charge in [0.2, 0.25) is 17.4 Å². The Morgan fingerprint density at radius 2 is 1.66 bits per heavy atom. The molecule has 3 aliphatic heterocycles. The Morgan fingerprint density at radius 1 is 0.943 bits per heavy atom. The number of nitrogens with one attached hydrogen (secondary N) is 1. The molecule has 1 aliphatic carbocycles. The molecule has 3 heterocycles. The number of amides is 3. The van der Waals surface area contributed by atoms with E-state index in [1.54, 1.807) is 4.90 Å². The predicted molar refractivity (Wildman–Crippen MR) is 132 cm³/mol. The van der Waals surface area contributed by atoms with Gasteiger partial charge in [0.15, 0.2) is 0 Å². The minimum atomic E-state index is -1.09. The lowest BCUT2D eigenvalue weighted by Crippen LogP contribution is -2.99. The van der Waals surface area contributed by atoms with Crippen LogP contribution >= 0.6 is 0 Å². The molecule has 2 saturated heterocycles. The van der Waals surface area contributed by atoms with Gasteiger partial charge in [-0.3, -0.25) is 19.3 Å². The van der Waals surface area contributed by atoms with Crippen LogP contribution in [0.15, 0.2) is 42.5 Å². The number of imide groups is 1. The van der Waals surface area contributed by atoms with Gasteiger partial charge in [0.1, 0.15) is 17.9 Å². The summed E-state index contributed by atoms with van der Waals surface area (Å²) in [5, 5.41) is 5.18. The Hall–Kier alpha value is -2.99. The molecule has 3 amide bonds.